The molecular formula is C17H13BrN2O4. The summed E-state index contributed by atoms with van der Waals surface area (Å²) in [5, 5.41) is 12.8. The Balaban J connectivity index is 1.86. The molecule has 0 radical (unpaired) electrons. The molecule has 0 unspecified atom stereocenters. The Morgan fingerprint density at radius 3 is 2.75 bits per heavy atom. The molecule has 122 valence electrons. The summed E-state index contributed by atoms with van der Waals surface area (Å²) in [7, 11) is 0. The molecule has 0 fully saturated rings. The smallest absolute Gasteiger partial charge is 0.341 e. The van der Waals surface area contributed by atoms with Crippen LogP contribution in [0.25, 0.3) is 11.5 Å². The van der Waals surface area contributed by atoms with Gasteiger partial charge in [0.2, 0.25) is 0 Å². The number of aromatic nitrogens is 2. The Kier molecular flexibility index (Phi) is 4.90. The first kappa shape index (κ1) is 16.2. The van der Waals surface area contributed by atoms with Gasteiger partial charge in [0.25, 0.3) is 5.89 Å². The number of rotatable bonds is 6. The van der Waals surface area contributed by atoms with Gasteiger partial charge in [-0.15, -0.1) is 0 Å². The number of nitrogens with zero attached hydrogens (tertiary/aromatic N) is 2. The number of carbonyl (C=O) groups is 1. The van der Waals surface area contributed by atoms with Crippen LogP contribution in [0, 0.1) is 0 Å². The van der Waals surface area contributed by atoms with Gasteiger partial charge in [-0.3, -0.25) is 0 Å². The summed E-state index contributed by atoms with van der Waals surface area (Å²) in [5.41, 5.74) is 1.61. The molecule has 1 aromatic heterocycles. The van der Waals surface area contributed by atoms with Crippen molar-refractivity contribution in [1.82, 2.24) is 10.1 Å². The minimum Gasteiger partial charge on any atom is -0.481 e. The molecule has 0 spiro atoms. The monoisotopic (exact) mass is 388 g/mol. The number of carboxylic acid groups (broad SMARTS) is 1. The van der Waals surface area contributed by atoms with E-state index in [-0.39, 0.29) is 5.89 Å². The highest BCUT2D eigenvalue weighted by molar-refractivity contribution is 9.10. The molecule has 3 rings (SSSR count). The lowest BCUT2D eigenvalue weighted by atomic mass is 10.1. The Labute approximate surface area is 146 Å². The Bertz CT molecular complexity index is 849. The van der Waals surface area contributed by atoms with Crippen LogP contribution < -0.4 is 4.74 Å². The second kappa shape index (κ2) is 7.27. The summed E-state index contributed by atoms with van der Waals surface area (Å²) in [4.78, 5) is 15.1. The van der Waals surface area contributed by atoms with Crippen LogP contribution in [0.1, 0.15) is 11.4 Å². The average Bonchev–Trinajstić information content (AvgIpc) is 3.03. The van der Waals surface area contributed by atoms with Crippen molar-refractivity contribution in [2.45, 2.75) is 6.42 Å². The van der Waals surface area contributed by atoms with Crippen molar-refractivity contribution < 1.29 is 19.2 Å². The Hall–Kier alpha value is -2.67. The van der Waals surface area contributed by atoms with Gasteiger partial charge in [0.1, 0.15) is 5.75 Å². The first-order chi connectivity index (χ1) is 11.6. The highest BCUT2D eigenvalue weighted by Gasteiger charge is 2.16. The molecule has 0 atom stereocenters. The van der Waals surface area contributed by atoms with Crippen LogP contribution in [0.4, 0.5) is 0 Å². The number of hydrogen-bond acceptors (Lipinski definition) is 5. The third kappa shape index (κ3) is 3.99. The molecule has 1 N–H and O–H groups in total. The summed E-state index contributed by atoms with van der Waals surface area (Å²) in [5.74, 6) is 0.137. The van der Waals surface area contributed by atoms with E-state index < -0.39 is 12.6 Å². The lowest BCUT2D eigenvalue weighted by Gasteiger charge is -2.07. The number of carboxylic acids is 1. The van der Waals surface area contributed by atoms with Crippen LogP contribution in [0.2, 0.25) is 0 Å². The van der Waals surface area contributed by atoms with Crippen LogP contribution in [-0.4, -0.2) is 27.8 Å². The third-order valence-electron chi connectivity index (χ3n) is 3.20. The van der Waals surface area contributed by atoms with Crippen molar-refractivity contribution >= 4 is 21.9 Å². The van der Waals surface area contributed by atoms with Gasteiger partial charge in [-0.25, -0.2) is 4.79 Å². The maximum Gasteiger partial charge on any atom is 0.341 e. The summed E-state index contributed by atoms with van der Waals surface area (Å²) >= 11 is 3.37. The molecule has 0 aliphatic heterocycles. The van der Waals surface area contributed by atoms with Crippen LogP contribution in [0.5, 0.6) is 5.75 Å². The zero-order chi connectivity index (χ0) is 16.9. The fourth-order valence-corrected chi connectivity index (χ4v) is 2.51. The summed E-state index contributed by atoms with van der Waals surface area (Å²) in [6, 6.07) is 15.0. The second-order valence-electron chi connectivity index (χ2n) is 5.00. The molecule has 0 aliphatic carbocycles. The number of ether oxygens (including phenoxy) is 1. The molecule has 0 saturated carbocycles. The van der Waals surface area contributed by atoms with Crippen LogP contribution in [0.3, 0.4) is 0 Å². The number of hydrogen-bond donors (Lipinski definition) is 1. The molecule has 1 heterocycles. The Morgan fingerprint density at radius 2 is 2.00 bits per heavy atom. The molecule has 6 nitrogen and oxygen atoms in total. The lowest BCUT2D eigenvalue weighted by Crippen LogP contribution is -2.10. The molecule has 7 heteroatoms. The van der Waals surface area contributed by atoms with Gasteiger partial charge < -0.3 is 14.4 Å². The predicted molar refractivity (Wildman–Crippen MR) is 89.8 cm³/mol. The van der Waals surface area contributed by atoms with Crippen molar-refractivity contribution in [3.8, 4) is 17.2 Å². The van der Waals surface area contributed by atoms with Crippen molar-refractivity contribution in [1.29, 1.82) is 0 Å². The summed E-state index contributed by atoms with van der Waals surface area (Å²) in [6.07, 6.45) is 0.545. The van der Waals surface area contributed by atoms with Crippen molar-refractivity contribution in [2.75, 3.05) is 6.61 Å². The van der Waals surface area contributed by atoms with Gasteiger partial charge in [-0.1, -0.05) is 51.4 Å². The first-order valence-corrected chi connectivity index (χ1v) is 7.92. The van der Waals surface area contributed by atoms with Crippen molar-refractivity contribution in [3.05, 3.63) is 64.4 Å². The highest BCUT2D eigenvalue weighted by atomic mass is 79.9. The molecule has 0 bridgehead atoms. The van der Waals surface area contributed by atoms with Crippen molar-refractivity contribution in [3.63, 3.8) is 0 Å². The van der Waals surface area contributed by atoms with Gasteiger partial charge in [0, 0.05) is 10.9 Å². The normalized spacial score (nSPS) is 10.5. The van der Waals surface area contributed by atoms with E-state index in [1.165, 1.54) is 0 Å². The average molecular weight is 389 g/mol. The topological polar surface area (TPSA) is 85.5 Å². The summed E-state index contributed by atoms with van der Waals surface area (Å²) in [6.45, 7) is -0.445. The van der Waals surface area contributed by atoms with Gasteiger partial charge in [0.15, 0.2) is 12.4 Å². The molecule has 2 aromatic carbocycles. The van der Waals surface area contributed by atoms with E-state index >= 15 is 0 Å². The third-order valence-corrected chi connectivity index (χ3v) is 3.69. The van der Waals surface area contributed by atoms with Gasteiger partial charge in [-0.2, -0.15) is 4.98 Å². The number of aliphatic carboxylic acids is 1. The zero-order valence-electron chi connectivity index (χ0n) is 12.5. The van der Waals surface area contributed by atoms with Gasteiger partial charge >= 0.3 is 5.97 Å². The zero-order valence-corrected chi connectivity index (χ0v) is 14.1. The SMILES string of the molecule is O=C(O)COc1ccc(Br)cc1-c1nc(Cc2ccccc2)no1. The van der Waals surface area contributed by atoms with E-state index in [9.17, 15) is 4.79 Å². The van der Waals surface area contributed by atoms with Crippen molar-refractivity contribution in [2.24, 2.45) is 0 Å². The van der Waals surface area contributed by atoms with E-state index in [4.69, 9.17) is 14.4 Å². The Morgan fingerprint density at radius 1 is 1.21 bits per heavy atom. The van der Waals surface area contributed by atoms with E-state index in [1.54, 1.807) is 18.2 Å². The largest absolute Gasteiger partial charge is 0.481 e. The second-order valence-corrected chi connectivity index (χ2v) is 5.92. The first-order valence-electron chi connectivity index (χ1n) is 7.13. The van der Waals surface area contributed by atoms with E-state index in [0.29, 0.717) is 23.6 Å². The maximum absolute atomic E-state index is 10.7. The molecule has 0 saturated heterocycles. The lowest BCUT2D eigenvalue weighted by molar-refractivity contribution is -0.139. The molecular weight excluding hydrogens is 376 g/mol. The molecule has 0 aliphatic rings. The predicted octanol–water partition coefficient (Wildman–Crippen LogP) is 3.55. The standard InChI is InChI=1S/C17H13BrN2O4/c18-12-6-7-14(23-10-16(21)22)13(9-12)17-19-15(20-24-17)8-11-4-2-1-3-5-11/h1-7,9H,8,10H2,(H,21,22). The quantitative estimate of drug-likeness (QED) is 0.694. The molecule has 3 aromatic rings. The fraction of sp³-hybridized carbons (Fsp3) is 0.118. The van der Waals surface area contributed by atoms with Gasteiger partial charge in [0.05, 0.1) is 5.56 Å². The van der Waals surface area contributed by atoms with E-state index in [0.717, 1.165) is 10.0 Å². The van der Waals surface area contributed by atoms with E-state index in [1.807, 2.05) is 30.3 Å². The fourth-order valence-electron chi connectivity index (χ4n) is 2.15. The highest BCUT2D eigenvalue weighted by Crippen LogP contribution is 2.32. The summed E-state index contributed by atoms with van der Waals surface area (Å²) < 4.78 is 11.4. The minimum atomic E-state index is -1.06. The van der Waals surface area contributed by atoms with Crippen LogP contribution in [0.15, 0.2) is 57.5 Å². The minimum absolute atomic E-state index is 0.280. The van der Waals surface area contributed by atoms with Crippen LogP contribution >= 0.6 is 15.9 Å². The molecule has 24 heavy (non-hydrogen) atoms. The van der Waals surface area contributed by atoms with Crippen LogP contribution in [-0.2, 0) is 11.2 Å². The number of halogens is 1. The van der Waals surface area contributed by atoms with E-state index in [2.05, 4.69) is 26.1 Å². The van der Waals surface area contributed by atoms with Gasteiger partial charge in [-0.05, 0) is 23.8 Å². The molecule has 0 amide bonds. The number of benzene rings is 2. The maximum atomic E-state index is 10.7.